The lowest BCUT2D eigenvalue weighted by Crippen LogP contribution is -2.48. The summed E-state index contributed by atoms with van der Waals surface area (Å²) in [6.45, 7) is 0.423. The number of phenols is 1. The van der Waals surface area contributed by atoms with Gasteiger partial charge in [-0.1, -0.05) is 6.07 Å². The minimum absolute atomic E-state index is 0.0347. The fourth-order valence-corrected chi connectivity index (χ4v) is 3.18. The summed E-state index contributed by atoms with van der Waals surface area (Å²) in [6, 6.07) is 7.59. The topological polar surface area (TPSA) is 70.6 Å². The number of benzene rings is 2. The van der Waals surface area contributed by atoms with Crippen LogP contribution in [0, 0.1) is 11.6 Å². The van der Waals surface area contributed by atoms with Gasteiger partial charge in [0.25, 0.3) is 0 Å². The third-order valence-electron chi connectivity index (χ3n) is 4.46. The molecular weight excluding hydrogens is 342 g/mol. The second-order valence-corrected chi connectivity index (χ2v) is 6.28. The van der Waals surface area contributed by atoms with Crippen molar-refractivity contribution in [1.29, 1.82) is 0 Å². The van der Waals surface area contributed by atoms with E-state index in [1.54, 1.807) is 12.1 Å². The average molecular weight is 362 g/mol. The lowest BCUT2D eigenvalue weighted by molar-refractivity contribution is -0.123. The minimum atomic E-state index is -0.682. The van der Waals surface area contributed by atoms with Gasteiger partial charge in [-0.25, -0.2) is 8.78 Å². The van der Waals surface area contributed by atoms with Gasteiger partial charge in [0.05, 0.1) is 13.2 Å². The summed E-state index contributed by atoms with van der Waals surface area (Å²) >= 11 is 0. The highest BCUT2D eigenvalue weighted by molar-refractivity contribution is 5.77. The summed E-state index contributed by atoms with van der Waals surface area (Å²) in [5.41, 5.74) is 1.20. The molecule has 0 saturated carbocycles. The molecule has 2 aromatic rings. The zero-order chi connectivity index (χ0) is 18.7. The molecule has 2 aromatic carbocycles. The van der Waals surface area contributed by atoms with E-state index in [2.05, 4.69) is 10.6 Å². The van der Waals surface area contributed by atoms with Crippen LogP contribution < -0.4 is 15.4 Å². The molecule has 3 rings (SSSR count). The van der Waals surface area contributed by atoms with E-state index in [0.29, 0.717) is 30.7 Å². The van der Waals surface area contributed by atoms with Crippen molar-refractivity contribution in [3.63, 3.8) is 0 Å². The largest absolute Gasteiger partial charge is 0.504 e. The third-order valence-corrected chi connectivity index (χ3v) is 4.46. The van der Waals surface area contributed by atoms with Gasteiger partial charge >= 0.3 is 0 Å². The number of rotatable bonds is 5. The summed E-state index contributed by atoms with van der Waals surface area (Å²) in [6.07, 6.45) is 0.872. The van der Waals surface area contributed by atoms with E-state index in [9.17, 15) is 18.7 Å². The molecule has 1 aliphatic heterocycles. The number of halogens is 2. The fraction of sp³-hybridized carbons (Fsp3) is 0.316. The molecule has 0 bridgehead atoms. The minimum Gasteiger partial charge on any atom is -0.504 e. The van der Waals surface area contributed by atoms with Crippen molar-refractivity contribution >= 4 is 5.91 Å². The highest BCUT2D eigenvalue weighted by Gasteiger charge is 2.30. The number of nitrogens with one attached hydrogen (secondary N) is 2. The van der Waals surface area contributed by atoms with E-state index in [1.807, 2.05) is 6.07 Å². The number of hydrogen-bond acceptors (Lipinski definition) is 4. The van der Waals surface area contributed by atoms with E-state index in [0.717, 1.165) is 11.6 Å². The normalized spacial score (nSPS) is 19.9. The first kappa shape index (κ1) is 18.1. The van der Waals surface area contributed by atoms with Crippen molar-refractivity contribution < 1.29 is 23.4 Å². The Kier molecular flexibility index (Phi) is 5.37. The highest BCUT2D eigenvalue weighted by atomic mass is 19.1. The zero-order valence-corrected chi connectivity index (χ0v) is 14.3. The van der Waals surface area contributed by atoms with E-state index < -0.39 is 17.7 Å². The fourth-order valence-electron chi connectivity index (χ4n) is 3.18. The number of hydrogen-bond donors (Lipinski definition) is 3. The van der Waals surface area contributed by atoms with Crippen LogP contribution >= 0.6 is 0 Å². The summed E-state index contributed by atoms with van der Waals surface area (Å²) < 4.78 is 32.1. The summed E-state index contributed by atoms with van der Waals surface area (Å²) in [5.74, 6) is -1.10. The Balaban J connectivity index is 1.76. The van der Waals surface area contributed by atoms with E-state index in [-0.39, 0.29) is 17.7 Å². The van der Waals surface area contributed by atoms with Crippen LogP contribution in [-0.4, -0.2) is 24.2 Å². The molecular formula is C19H20F2N2O3. The van der Waals surface area contributed by atoms with E-state index in [1.165, 1.54) is 19.2 Å². The maximum Gasteiger partial charge on any atom is 0.220 e. The number of methoxy groups -OCH3 is 1. The summed E-state index contributed by atoms with van der Waals surface area (Å²) in [4.78, 5) is 11.8. The molecule has 0 spiro atoms. The van der Waals surface area contributed by atoms with Gasteiger partial charge < -0.3 is 20.5 Å². The van der Waals surface area contributed by atoms with Gasteiger partial charge in [-0.2, -0.15) is 0 Å². The van der Waals surface area contributed by atoms with E-state index >= 15 is 0 Å². The molecule has 26 heavy (non-hydrogen) atoms. The van der Waals surface area contributed by atoms with Crippen LogP contribution in [0.1, 0.15) is 30.0 Å². The molecule has 1 amide bonds. The molecule has 1 fully saturated rings. The van der Waals surface area contributed by atoms with Crippen LogP contribution in [0.15, 0.2) is 36.4 Å². The van der Waals surface area contributed by atoms with Crippen molar-refractivity contribution in [1.82, 2.24) is 10.6 Å². The molecule has 5 nitrogen and oxygen atoms in total. The molecule has 2 atom stereocenters. The number of carbonyl (C=O) groups is 1. The van der Waals surface area contributed by atoms with Crippen LogP contribution in [-0.2, 0) is 11.3 Å². The Morgan fingerprint density at radius 2 is 1.96 bits per heavy atom. The van der Waals surface area contributed by atoms with Gasteiger partial charge in [-0.05, 0) is 41.8 Å². The smallest absolute Gasteiger partial charge is 0.220 e. The van der Waals surface area contributed by atoms with Crippen LogP contribution in [0.25, 0.3) is 0 Å². The van der Waals surface area contributed by atoms with Gasteiger partial charge in [0, 0.05) is 25.1 Å². The Hall–Kier alpha value is -2.67. The molecule has 0 radical (unpaired) electrons. The molecule has 3 N–H and O–H groups in total. The third kappa shape index (κ3) is 4.11. The van der Waals surface area contributed by atoms with Crippen molar-refractivity contribution in [2.75, 3.05) is 7.11 Å². The van der Waals surface area contributed by atoms with Crippen molar-refractivity contribution in [2.24, 2.45) is 0 Å². The second-order valence-electron chi connectivity index (χ2n) is 6.28. The predicted octanol–water partition coefficient (Wildman–Crippen LogP) is 2.79. The molecule has 1 heterocycles. The first-order valence-corrected chi connectivity index (χ1v) is 8.31. The van der Waals surface area contributed by atoms with Crippen molar-refractivity contribution in [3.8, 4) is 11.5 Å². The average Bonchev–Trinajstić information content (AvgIpc) is 2.60. The lowest BCUT2D eigenvalue weighted by atomic mass is 9.91. The van der Waals surface area contributed by atoms with Crippen molar-refractivity contribution in [3.05, 3.63) is 59.2 Å². The highest BCUT2D eigenvalue weighted by Crippen LogP contribution is 2.28. The SMILES string of the molecule is COc1ccc(CN[C@@H]2CCC(=O)N[C@H]2c2cc(F)cc(F)c2)cc1O. The van der Waals surface area contributed by atoms with Gasteiger partial charge in [0.1, 0.15) is 11.6 Å². The van der Waals surface area contributed by atoms with Crippen LogP contribution in [0.4, 0.5) is 8.78 Å². The zero-order valence-electron chi connectivity index (χ0n) is 14.3. The molecule has 0 unspecified atom stereocenters. The number of phenolic OH excluding ortho intramolecular Hbond substituents is 1. The number of ether oxygens (including phenoxy) is 1. The van der Waals surface area contributed by atoms with Crippen LogP contribution in [0.5, 0.6) is 11.5 Å². The van der Waals surface area contributed by atoms with Crippen LogP contribution in [0.3, 0.4) is 0 Å². The van der Waals surface area contributed by atoms with Gasteiger partial charge in [0.2, 0.25) is 5.91 Å². The molecule has 1 saturated heterocycles. The molecule has 0 aromatic heterocycles. The maximum atomic E-state index is 13.6. The Labute approximate surface area is 150 Å². The number of piperidine rings is 1. The number of aromatic hydroxyl groups is 1. The summed E-state index contributed by atoms with van der Waals surface area (Å²) in [7, 11) is 1.47. The molecule has 0 aliphatic carbocycles. The number of carbonyl (C=O) groups excluding carboxylic acids is 1. The standard InChI is InChI=1S/C19H20F2N2O3/c1-26-17-4-2-11(6-16(17)24)10-22-15-3-5-18(25)23-19(15)12-7-13(20)9-14(21)8-12/h2,4,6-9,15,19,22,24H,3,5,10H2,1H3,(H,23,25)/t15-,19+/m1/s1. The van der Waals surface area contributed by atoms with Gasteiger partial charge in [0.15, 0.2) is 11.5 Å². The maximum absolute atomic E-state index is 13.6. The molecule has 7 heteroatoms. The summed E-state index contributed by atoms with van der Waals surface area (Å²) in [5, 5.41) is 16.0. The van der Waals surface area contributed by atoms with E-state index in [4.69, 9.17) is 4.74 Å². The Bertz CT molecular complexity index is 793. The van der Waals surface area contributed by atoms with Crippen molar-refractivity contribution in [2.45, 2.75) is 31.5 Å². The predicted molar refractivity (Wildman–Crippen MR) is 91.8 cm³/mol. The second kappa shape index (κ2) is 7.70. The quantitative estimate of drug-likeness (QED) is 0.765. The monoisotopic (exact) mass is 362 g/mol. The first-order valence-electron chi connectivity index (χ1n) is 8.31. The van der Waals surface area contributed by atoms with Crippen LogP contribution in [0.2, 0.25) is 0 Å². The Morgan fingerprint density at radius 1 is 1.23 bits per heavy atom. The number of amides is 1. The Morgan fingerprint density at radius 3 is 2.62 bits per heavy atom. The van der Waals surface area contributed by atoms with Gasteiger partial charge in [-0.3, -0.25) is 4.79 Å². The molecule has 138 valence electrons. The first-order chi connectivity index (χ1) is 12.5. The lowest BCUT2D eigenvalue weighted by Gasteiger charge is -2.33. The van der Waals surface area contributed by atoms with Gasteiger partial charge in [-0.15, -0.1) is 0 Å². The molecule has 1 aliphatic rings.